The molecule has 2 aromatic rings. The molecule has 6 nitrogen and oxygen atoms in total. The van der Waals surface area contributed by atoms with Gasteiger partial charge < -0.3 is 19.9 Å². The number of hydrogen-bond acceptors (Lipinski definition) is 4. The zero-order valence-corrected chi connectivity index (χ0v) is 17.9. The second kappa shape index (κ2) is 10.8. The summed E-state index contributed by atoms with van der Waals surface area (Å²) >= 11 is 0. The monoisotopic (exact) mass is 409 g/mol. The first-order chi connectivity index (χ1) is 14.6. The van der Waals surface area contributed by atoms with E-state index >= 15 is 0 Å². The molecule has 0 saturated carbocycles. The highest BCUT2D eigenvalue weighted by Gasteiger charge is 2.21. The molecule has 0 atom stereocenters. The summed E-state index contributed by atoms with van der Waals surface area (Å²) in [6, 6.07) is 15.3. The Balaban J connectivity index is 1.72. The highest BCUT2D eigenvalue weighted by atomic mass is 16.5. The van der Waals surface area contributed by atoms with E-state index in [1.807, 2.05) is 49.1 Å². The predicted octanol–water partition coefficient (Wildman–Crippen LogP) is 2.86. The minimum atomic E-state index is -0.0762. The molecule has 0 aromatic heterocycles. The Kier molecular flexibility index (Phi) is 7.85. The molecule has 1 N–H and O–H groups in total. The lowest BCUT2D eigenvalue weighted by Crippen LogP contribution is -2.47. The first-order valence-electron chi connectivity index (χ1n) is 10.6. The standard InChI is InChI=1S/C24H31N3O3/c1-3-30-22-9-7-21(8-10-22)24(29)27(18-20-6-4-5-19(2)17-20)14-11-23(28)26-15-12-25-13-16-26/h4-10,17,25H,3,11-16,18H2,1-2H3. The molecule has 160 valence electrons. The number of piperazine rings is 1. The summed E-state index contributed by atoms with van der Waals surface area (Å²) in [5.74, 6) is 0.770. The third-order valence-electron chi connectivity index (χ3n) is 5.22. The van der Waals surface area contributed by atoms with Crippen molar-refractivity contribution in [1.82, 2.24) is 15.1 Å². The minimum Gasteiger partial charge on any atom is -0.494 e. The maximum atomic E-state index is 13.2. The number of amides is 2. The lowest BCUT2D eigenvalue weighted by atomic mass is 10.1. The van der Waals surface area contributed by atoms with Crippen LogP contribution in [0.5, 0.6) is 5.75 Å². The molecule has 1 fully saturated rings. The number of ether oxygens (including phenoxy) is 1. The van der Waals surface area contributed by atoms with Crippen LogP contribution in [0, 0.1) is 6.92 Å². The van der Waals surface area contributed by atoms with E-state index in [4.69, 9.17) is 4.74 Å². The zero-order valence-electron chi connectivity index (χ0n) is 17.9. The second-order valence-electron chi connectivity index (χ2n) is 7.55. The van der Waals surface area contributed by atoms with Crippen LogP contribution in [0.2, 0.25) is 0 Å². The van der Waals surface area contributed by atoms with Gasteiger partial charge in [0.25, 0.3) is 5.91 Å². The van der Waals surface area contributed by atoms with E-state index in [1.54, 1.807) is 17.0 Å². The Morgan fingerprint density at radius 1 is 1.10 bits per heavy atom. The normalized spacial score (nSPS) is 13.7. The molecule has 2 amide bonds. The average molecular weight is 410 g/mol. The lowest BCUT2D eigenvalue weighted by molar-refractivity contribution is -0.132. The van der Waals surface area contributed by atoms with Gasteiger partial charge in [0, 0.05) is 51.3 Å². The van der Waals surface area contributed by atoms with E-state index in [1.165, 1.54) is 0 Å². The van der Waals surface area contributed by atoms with Crippen LogP contribution in [0.3, 0.4) is 0 Å². The van der Waals surface area contributed by atoms with Crippen LogP contribution >= 0.6 is 0 Å². The van der Waals surface area contributed by atoms with Gasteiger partial charge in [-0.15, -0.1) is 0 Å². The van der Waals surface area contributed by atoms with E-state index in [0.717, 1.165) is 43.1 Å². The van der Waals surface area contributed by atoms with Crippen molar-refractivity contribution in [3.63, 3.8) is 0 Å². The Labute approximate surface area is 178 Å². The van der Waals surface area contributed by atoms with Crippen molar-refractivity contribution in [1.29, 1.82) is 0 Å². The molecule has 1 aliphatic heterocycles. The van der Waals surface area contributed by atoms with E-state index in [0.29, 0.717) is 31.7 Å². The largest absolute Gasteiger partial charge is 0.494 e. The van der Waals surface area contributed by atoms with Crippen LogP contribution in [0.1, 0.15) is 34.8 Å². The van der Waals surface area contributed by atoms with Crippen LogP contribution in [0.25, 0.3) is 0 Å². The molecule has 3 rings (SSSR count). The maximum absolute atomic E-state index is 13.2. The van der Waals surface area contributed by atoms with Crippen LogP contribution in [0.4, 0.5) is 0 Å². The molecule has 1 saturated heterocycles. The zero-order chi connectivity index (χ0) is 21.3. The van der Waals surface area contributed by atoms with Crippen molar-refractivity contribution in [2.24, 2.45) is 0 Å². The molecular formula is C24H31N3O3. The van der Waals surface area contributed by atoms with Gasteiger partial charge in [-0.25, -0.2) is 0 Å². The van der Waals surface area contributed by atoms with Gasteiger partial charge in [-0.2, -0.15) is 0 Å². The number of nitrogens with zero attached hydrogens (tertiary/aromatic N) is 2. The van der Waals surface area contributed by atoms with E-state index < -0.39 is 0 Å². The van der Waals surface area contributed by atoms with Gasteiger partial charge in [0.05, 0.1) is 6.61 Å². The van der Waals surface area contributed by atoms with Crippen LogP contribution < -0.4 is 10.1 Å². The fraction of sp³-hybridized carbons (Fsp3) is 0.417. The first kappa shape index (κ1) is 21.8. The molecule has 2 aromatic carbocycles. The van der Waals surface area contributed by atoms with Gasteiger partial charge in [-0.1, -0.05) is 29.8 Å². The smallest absolute Gasteiger partial charge is 0.254 e. The highest BCUT2D eigenvalue weighted by Crippen LogP contribution is 2.16. The Morgan fingerprint density at radius 3 is 2.50 bits per heavy atom. The summed E-state index contributed by atoms with van der Waals surface area (Å²) in [7, 11) is 0. The molecule has 30 heavy (non-hydrogen) atoms. The SMILES string of the molecule is CCOc1ccc(C(=O)N(CCC(=O)N2CCNCC2)Cc2cccc(C)c2)cc1. The average Bonchev–Trinajstić information content (AvgIpc) is 2.77. The number of carbonyl (C=O) groups excluding carboxylic acids is 2. The van der Waals surface area contributed by atoms with E-state index in [9.17, 15) is 9.59 Å². The van der Waals surface area contributed by atoms with Crippen molar-refractivity contribution < 1.29 is 14.3 Å². The molecule has 0 aliphatic carbocycles. The van der Waals surface area contributed by atoms with Crippen LogP contribution in [-0.2, 0) is 11.3 Å². The summed E-state index contributed by atoms with van der Waals surface area (Å²) < 4.78 is 5.48. The first-order valence-corrected chi connectivity index (χ1v) is 10.6. The lowest BCUT2D eigenvalue weighted by Gasteiger charge is -2.29. The minimum absolute atomic E-state index is 0.0762. The Bertz CT molecular complexity index is 845. The molecule has 6 heteroatoms. The van der Waals surface area contributed by atoms with Gasteiger partial charge in [0.15, 0.2) is 0 Å². The third kappa shape index (κ3) is 6.07. The Morgan fingerprint density at radius 2 is 1.83 bits per heavy atom. The van der Waals surface area contributed by atoms with Crippen molar-refractivity contribution in [2.45, 2.75) is 26.8 Å². The fourth-order valence-corrected chi connectivity index (χ4v) is 3.63. The van der Waals surface area contributed by atoms with Gasteiger partial charge in [0.2, 0.25) is 5.91 Å². The number of rotatable bonds is 8. The number of carbonyl (C=O) groups is 2. The number of aryl methyl sites for hydroxylation is 1. The summed E-state index contributed by atoms with van der Waals surface area (Å²) in [6.45, 7) is 8.52. The molecule has 0 radical (unpaired) electrons. The summed E-state index contributed by atoms with van der Waals surface area (Å²) in [5.41, 5.74) is 2.81. The van der Waals surface area contributed by atoms with Gasteiger partial charge >= 0.3 is 0 Å². The third-order valence-corrected chi connectivity index (χ3v) is 5.22. The molecular weight excluding hydrogens is 378 g/mol. The number of benzene rings is 2. The molecule has 0 bridgehead atoms. The van der Waals surface area contributed by atoms with Crippen LogP contribution in [-0.4, -0.2) is 60.9 Å². The number of hydrogen-bond donors (Lipinski definition) is 1. The van der Waals surface area contributed by atoms with Crippen molar-refractivity contribution in [2.75, 3.05) is 39.3 Å². The summed E-state index contributed by atoms with van der Waals surface area (Å²) in [4.78, 5) is 29.5. The summed E-state index contributed by atoms with van der Waals surface area (Å²) in [5, 5.41) is 3.26. The van der Waals surface area contributed by atoms with Crippen molar-refractivity contribution in [3.05, 3.63) is 65.2 Å². The quantitative estimate of drug-likeness (QED) is 0.728. The fourth-order valence-electron chi connectivity index (χ4n) is 3.63. The van der Waals surface area contributed by atoms with E-state index in [-0.39, 0.29) is 11.8 Å². The van der Waals surface area contributed by atoms with Gasteiger partial charge in [-0.05, 0) is 43.7 Å². The van der Waals surface area contributed by atoms with Gasteiger partial charge in [-0.3, -0.25) is 9.59 Å². The van der Waals surface area contributed by atoms with Crippen molar-refractivity contribution >= 4 is 11.8 Å². The summed E-state index contributed by atoms with van der Waals surface area (Å²) in [6.07, 6.45) is 0.328. The molecule has 0 unspecified atom stereocenters. The van der Waals surface area contributed by atoms with Gasteiger partial charge in [0.1, 0.15) is 5.75 Å². The predicted molar refractivity (Wildman–Crippen MR) is 118 cm³/mol. The Hall–Kier alpha value is -2.86. The maximum Gasteiger partial charge on any atom is 0.254 e. The van der Waals surface area contributed by atoms with E-state index in [2.05, 4.69) is 11.4 Å². The molecule has 0 spiro atoms. The topological polar surface area (TPSA) is 61.9 Å². The highest BCUT2D eigenvalue weighted by molar-refractivity contribution is 5.94. The molecule has 1 heterocycles. The molecule has 1 aliphatic rings. The van der Waals surface area contributed by atoms with Crippen molar-refractivity contribution in [3.8, 4) is 5.75 Å². The van der Waals surface area contributed by atoms with Crippen LogP contribution in [0.15, 0.2) is 48.5 Å². The number of nitrogens with one attached hydrogen (secondary N) is 1. The second-order valence-corrected chi connectivity index (χ2v) is 7.55.